The van der Waals surface area contributed by atoms with E-state index in [0.29, 0.717) is 42.4 Å². The van der Waals surface area contributed by atoms with Crippen LogP contribution >= 0.6 is 0 Å². The van der Waals surface area contributed by atoms with Gasteiger partial charge in [-0.1, -0.05) is 36.8 Å². The van der Waals surface area contributed by atoms with E-state index in [0.717, 1.165) is 25.3 Å². The first-order valence-electron chi connectivity index (χ1n) is 11.1. The van der Waals surface area contributed by atoms with Crippen molar-refractivity contribution in [2.75, 3.05) is 19.6 Å². The average molecular weight is 429 g/mol. The molecule has 1 saturated carbocycles. The molecule has 1 aliphatic carbocycles. The molecule has 30 heavy (non-hydrogen) atoms. The van der Waals surface area contributed by atoms with Crippen LogP contribution < -0.4 is 0 Å². The highest BCUT2D eigenvalue weighted by Gasteiger charge is 2.35. The fourth-order valence-electron chi connectivity index (χ4n) is 5.49. The third-order valence-corrected chi connectivity index (χ3v) is 9.03. The van der Waals surface area contributed by atoms with Crippen LogP contribution in [0.15, 0.2) is 47.4 Å². The van der Waals surface area contributed by atoms with Crippen LogP contribution in [0, 0.1) is 11.7 Å². The average Bonchev–Trinajstić information content (AvgIpc) is 3.39. The Bertz CT molecular complexity index is 1030. The summed E-state index contributed by atoms with van der Waals surface area (Å²) in [4.78, 5) is 2.70. The molecule has 0 aromatic heterocycles. The molecule has 2 aromatic carbocycles. The maximum atomic E-state index is 15.1. The number of benzene rings is 2. The van der Waals surface area contributed by atoms with Crippen LogP contribution in [-0.4, -0.2) is 43.3 Å². The van der Waals surface area contributed by atoms with E-state index in [1.165, 1.54) is 31.7 Å². The van der Waals surface area contributed by atoms with Gasteiger partial charge in [0.05, 0.1) is 4.90 Å². The predicted octanol–water partition coefficient (Wildman–Crippen LogP) is 4.65. The molecule has 0 N–H and O–H groups in total. The summed E-state index contributed by atoms with van der Waals surface area (Å²) in [7, 11) is -3.57. The summed E-state index contributed by atoms with van der Waals surface area (Å²) in [6.45, 7) is 2.83. The van der Waals surface area contributed by atoms with E-state index < -0.39 is 10.0 Å². The molecule has 2 aliphatic heterocycles. The Hall–Kier alpha value is -1.76. The quantitative estimate of drug-likeness (QED) is 0.696. The summed E-state index contributed by atoms with van der Waals surface area (Å²) >= 11 is 0. The van der Waals surface area contributed by atoms with Crippen molar-refractivity contribution in [3.63, 3.8) is 0 Å². The van der Waals surface area contributed by atoms with Crippen molar-refractivity contribution < 1.29 is 12.8 Å². The zero-order valence-electron chi connectivity index (χ0n) is 17.3. The maximum Gasteiger partial charge on any atom is 0.243 e. The second-order valence-electron chi connectivity index (χ2n) is 9.03. The van der Waals surface area contributed by atoms with Crippen LogP contribution in [0.5, 0.6) is 0 Å². The lowest BCUT2D eigenvalue weighted by atomic mass is 9.90. The molecule has 160 valence electrons. The predicted molar refractivity (Wildman–Crippen MR) is 116 cm³/mol. The van der Waals surface area contributed by atoms with Crippen LogP contribution in [0.25, 0.3) is 11.1 Å². The second-order valence-corrected chi connectivity index (χ2v) is 10.9. The van der Waals surface area contributed by atoms with E-state index in [1.54, 1.807) is 22.5 Å². The Balaban J connectivity index is 1.43. The molecule has 2 aromatic rings. The Morgan fingerprint density at radius 1 is 1.00 bits per heavy atom. The Labute approximate surface area is 178 Å². The highest BCUT2D eigenvalue weighted by atomic mass is 32.2. The smallest absolute Gasteiger partial charge is 0.243 e. The molecule has 2 bridgehead atoms. The van der Waals surface area contributed by atoms with E-state index >= 15 is 4.39 Å². The minimum absolute atomic E-state index is 0.248. The first-order chi connectivity index (χ1) is 14.5. The number of nitrogens with zero attached hydrogens (tertiary/aromatic N) is 2. The SMILES string of the molecule is O=S(=O)(c1ccccc1-c1ccc(CN2C[C@H]3CCC[C@@H]2C3)c(F)c1)N1CCCC1. The highest BCUT2D eigenvalue weighted by molar-refractivity contribution is 7.89. The van der Waals surface area contributed by atoms with Crippen molar-refractivity contribution in [3.8, 4) is 11.1 Å². The summed E-state index contributed by atoms with van der Waals surface area (Å²) in [6.07, 6.45) is 6.84. The third-order valence-electron chi connectivity index (χ3n) is 7.07. The van der Waals surface area contributed by atoms with Gasteiger partial charge in [0.15, 0.2) is 0 Å². The maximum absolute atomic E-state index is 15.1. The molecule has 0 unspecified atom stereocenters. The first kappa shape index (κ1) is 20.2. The lowest BCUT2D eigenvalue weighted by Gasteiger charge is -2.24. The molecule has 5 rings (SSSR count). The molecule has 2 atom stereocenters. The van der Waals surface area contributed by atoms with Gasteiger partial charge in [0.25, 0.3) is 0 Å². The minimum atomic E-state index is -3.57. The molecule has 6 heteroatoms. The van der Waals surface area contributed by atoms with Crippen LogP contribution in [0.1, 0.15) is 44.1 Å². The van der Waals surface area contributed by atoms with Gasteiger partial charge < -0.3 is 0 Å². The Kier molecular flexibility index (Phi) is 5.42. The van der Waals surface area contributed by atoms with Crippen molar-refractivity contribution in [1.29, 1.82) is 0 Å². The summed E-state index contributed by atoms with van der Waals surface area (Å²) < 4.78 is 42.9. The molecule has 3 fully saturated rings. The van der Waals surface area contributed by atoms with Gasteiger partial charge in [-0.15, -0.1) is 0 Å². The molecule has 2 heterocycles. The molecular formula is C24H29FN2O2S. The number of sulfonamides is 1. The minimum Gasteiger partial charge on any atom is -0.296 e. The number of hydrogen-bond donors (Lipinski definition) is 0. The number of hydrogen-bond acceptors (Lipinski definition) is 3. The fourth-order valence-corrected chi connectivity index (χ4v) is 7.23. The van der Waals surface area contributed by atoms with E-state index in [-0.39, 0.29) is 10.7 Å². The van der Waals surface area contributed by atoms with Gasteiger partial charge in [-0.05, 0) is 55.7 Å². The first-order valence-corrected chi connectivity index (χ1v) is 12.6. The summed E-state index contributed by atoms with van der Waals surface area (Å²) in [5.41, 5.74) is 1.90. The number of fused-ring (bicyclic) bond motifs is 2. The van der Waals surface area contributed by atoms with Crippen LogP contribution in [0.4, 0.5) is 4.39 Å². The standard InChI is InChI=1S/C24H29FN2O2S/c25-23-15-19(10-11-20(23)17-26-16-18-6-5-7-21(26)14-18)22-8-1-2-9-24(22)30(28,29)27-12-3-4-13-27/h1-2,8-11,15,18,21H,3-7,12-14,16-17H2/t18-,21+/m0/s1. The lowest BCUT2D eigenvalue weighted by molar-refractivity contribution is 0.234. The normalized spacial score (nSPS) is 25.1. The summed E-state index contributed by atoms with van der Waals surface area (Å²) in [5.74, 6) is 0.524. The van der Waals surface area contributed by atoms with Gasteiger partial charge in [0.2, 0.25) is 10.0 Å². The number of likely N-dealkylation sites (tertiary alicyclic amines) is 1. The van der Waals surface area contributed by atoms with Crippen LogP contribution in [0.2, 0.25) is 0 Å². The molecular weight excluding hydrogens is 399 g/mol. The second kappa shape index (κ2) is 8.06. The molecule has 2 saturated heterocycles. The Morgan fingerprint density at radius 3 is 2.57 bits per heavy atom. The monoisotopic (exact) mass is 428 g/mol. The molecule has 0 spiro atoms. The van der Waals surface area contributed by atoms with Crippen molar-refractivity contribution in [1.82, 2.24) is 9.21 Å². The van der Waals surface area contributed by atoms with Gasteiger partial charge in [-0.3, -0.25) is 4.90 Å². The van der Waals surface area contributed by atoms with Gasteiger partial charge >= 0.3 is 0 Å². The van der Waals surface area contributed by atoms with Crippen molar-refractivity contribution in [2.45, 2.75) is 56.0 Å². The van der Waals surface area contributed by atoms with E-state index in [1.807, 2.05) is 18.2 Å². The highest BCUT2D eigenvalue weighted by Crippen LogP contribution is 2.37. The van der Waals surface area contributed by atoms with E-state index in [9.17, 15) is 8.42 Å². The van der Waals surface area contributed by atoms with Crippen molar-refractivity contribution in [3.05, 3.63) is 53.8 Å². The third kappa shape index (κ3) is 3.70. The van der Waals surface area contributed by atoms with Crippen molar-refractivity contribution >= 4 is 10.0 Å². The van der Waals surface area contributed by atoms with E-state index in [2.05, 4.69) is 4.90 Å². The topological polar surface area (TPSA) is 40.6 Å². The largest absolute Gasteiger partial charge is 0.296 e. The fraction of sp³-hybridized carbons (Fsp3) is 0.500. The van der Waals surface area contributed by atoms with Gasteiger partial charge in [0, 0.05) is 43.3 Å². The summed E-state index contributed by atoms with van der Waals surface area (Å²) in [5, 5.41) is 0. The van der Waals surface area contributed by atoms with Gasteiger partial charge in [0.1, 0.15) is 5.82 Å². The number of rotatable bonds is 5. The zero-order valence-corrected chi connectivity index (χ0v) is 18.1. The van der Waals surface area contributed by atoms with Gasteiger partial charge in [-0.2, -0.15) is 4.31 Å². The molecule has 0 radical (unpaired) electrons. The molecule has 3 aliphatic rings. The molecule has 4 nitrogen and oxygen atoms in total. The lowest BCUT2D eigenvalue weighted by Crippen LogP contribution is -2.28. The van der Waals surface area contributed by atoms with E-state index in [4.69, 9.17) is 0 Å². The van der Waals surface area contributed by atoms with Crippen LogP contribution in [-0.2, 0) is 16.6 Å². The summed E-state index contributed by atoms with van der Waals surface area (Å²) in [6, 6.07) is 12.8. The zero-order chi connectivity index (χ0) is 20.7. The number of halogens is 1. The van der Waals surface area contributed by atoms with Gasteiger partial charge in [-0.25, -0.2) is 12.8 Å². The van der Waals surface area contributed by atoms with Crippen LogP contribution in [0.3, 0.4) is 0 Å². The Morgan fingerprint density at radius 2 is 1.80 bits per heavy atom. The van der Waals surface area contributed by atoms with Crippen molar-refractivity contribution in [2.24, 2.45) is 5.92 Å². The molecule has 0 amide bonds.